The monoisotopic (exact) mass is 583 g/mol. The minimum Gasteiger partial charge on any atom is -0.307 e. The van der Waals surface area contributed by atoms with Crippen molar-refractivity contribution in [1.82, 2.24) is 0 Å². The molecule has 0 aliphatic rings. The maximum atomic E-state index is 15.4. The van der Waals surface area contributed by atoms with Crippen LogP contribution in [0.2, 0.25) is 0 Å². The van der Waals surface area contributed by atoms with Gasteiger partial charge in [-0.3, -0.25) is 0 Å². The lowest BCUT2D eigenvalue weighted by molar-refractivity contribution is 0.624. The SMILES string of the molecule is Fc1ccccc1/C(=C\c1ccccc1)c1ccc2ccc3c(N(c4ccccc4)c4ccccc4F)ccc4ccc1c2c43. The summed E-state index contributed by atoms with van der Waals surface area (Å²) >= 11 is 0. The van der Waals surface area contributed by atoms with Crippen LogP contribution >= 0.6 is 0 Å². The van der Waals surface area contributed by atoms with Gasteiger partial charge >= 0.3 is 0 Å². The molecule has 8 aromatic rings. The van der Waals surface area contributed by atoms with E-state index in [0.717, 1.165) is 60.4 Å². The van der Waals surface area contributed by atoms with Crippen LogP contribution in [0.3, 0.4) is 0 Å². The zero-order valence-electron chi connectivity index (χ0n) is 24.3. The van der Waals surface area contributed by atoms with E-state index in [9.17, 15) is 0 Å². The van der Waals surface area contributed by atoms with Gasteiger partial charge in [0.2, 0.25) is 0 Å². The highest BCUT2D eigenvalue weighted by atomic mass is 19.1. The highest BCUT2D eigenvalue weighted by molar-refractivity contribution is 6.27. The quantitative estimate of drug-likeness (QED) is 0.139. The summed E-state index contributed by atoms with van der Waals surface area (Å²) in [5, 5.41) is 6.41. The number of halogens is 2. The maximum absolute atomic E-state index is 15.4. The molecule has 0 unspecified atom stereocenters. The number of hydrogen-bond donors (Lipinski definition) is 0. The van der Waals surface area contributed by atoms with Gasteiger partial charge in [-0.15, -0.1) is 0 Å². The third-order valence-electron chi connectivity index (χ3n) is 8.56. The number of rotatable bonds is 6. The molecule has 0 saturated heterocycles. The summed E-state index contributed by atoms with van der Waals surface area (Å²) in [6, 6.07) is 50.7. The molecule has 0 N–H and O–H groups in total. The van der Waals surface area contributed by atoms with E-state index in [1.165, 1.54) is 12.1 Å². The minimum atomic E-state index is -0.296. The molecule has 214 valence electrons. The lowest BCUT2D eigenvalue weighted by Crippen LogP contribution is -2.12. The molecule has 45 heavy (non-hydrogen) atoms. The Morgan fingerprint density at radius 1 is 0.444 bits per heavy atom. The van der Waals surface area contributed by atoms with E-state index >= 15 is 8.78 Å². The minimum absolute atomic E-state index is 0.268. The summed E-state index contributed by atoms with van der Waals surface area (Å²) < 4.78 is 30.9. The lowest BCUT2D eigenvalue weighted by atomic mass is 9.86. The van der Waals surface area contributed by atoms with Crippen LogP contribution in [-0.4, -0.2) is 0 Å². The molecule has 0 radical (unpaired) electrons. The molecule has 0 atom stereocenters. The third-order valence-corrected chi connectivity index (χ3v) is 8.56. The van der Waals surface area contributed by atoms with Gasteiger partial charge in [0.25, 0.3) is 0 Å². The fraction of sp³-hybridized carbons (Fsp3) is 0. The molecule has 0 bridgehead atoms. The second-order valence-corrected chi connectivity index (χ2v) is 11.2. The Morgan fingerprint density at radius 3 is 1.76 bits per heavy atom. The Labute approximate surface area is 260 Å². The molecular weight excluding hydrogens is 556 g/mol. The molecule has 8 aromatic carbocycles. The average molecular weight is 584 g/mol. The smallest absolute Gasteiger partial charge is 0.147 e. The summed E-state index contributed by atoms with van der Waals surface area (Å²) in [6.07, 6.45) is 2.06. The first-order valence-corrected chi connectivity index (χ1v) is 15.0. The van der Waals surface area contributed by atoms with Gasteiger partial charge in [-0.25, -0.2) is 8.78 Å². The van der Waals surface area contributed by atoms with Crippen molar-refractivity contribution in [3.8, 4) is 0 Å². The molecule has 1 nitrogen and oxygen atoms in total. The first-order chi connectivity index (χ1) is 22.2. The molecule has 0 fully saturated rings. The summed E-state index contributed by atoms with van der Waals surface area (Å²) in [5.41, 5.74) is 5.53. The summed E-state index contributed by atoms with van der Waals surface area (Å²) in [6.45, 7) is 0. The van der Waals surface area contributed by atoms with E-state index in [4.69, 9.17) is 0 Å². The summed E-state index contributed by atoms with van der Waals surface area (Å²) in [4.78, 5) is 1.99. The highest BCUT2D eigenvalue weighted by Crippen LogP contribution is 2.46. The number of hydrogen-bond acceptors (Lipinski definition) is 1. The molecule has 0 spiro atoms. The average Bonchev–Trinajstić information content (AvgIpc) is 3.09. The Morgan fingerprint density at radius 2 is 1.02 bits per heavy atom. The summed E-state index contributed by atoms with van der Waals surface area (Å²) in [7, 11) is 0. The van der Waals surface area contributed by atoms with Crippen LogP contribution < -0.4 is 4.90 Å². The van der Waals surface area contributed by atoms with Crippen molar-refractivity contribution in [2.75, 3.05) is 4.90 Å². The molecule has 8 rings (SSSR count). The zero-order valence-corrected chi connectivity index (χ0v) is 24.3. The van der Waals surface area contributed by atoms with Crippen LogP contribution in [0.4, 0.5) is 25.8 Å². The molecule has 0 aliphatic heterocycles. The van der Waals surface area contributed by atoms with Gasteiger partial charge in [-0.05, 0) is 86.1 Å². The molecule has 3 heteroatoms. The second kappa shape index (κ2) is 11.0. The molecule has 0 saturated carbocycles. The van der Waals surface area contributed by atoms with Crippen LogP contribution in [0.5, 0.6) is 0 Å². The van der Waals surface area contributed by atoms with Crippen LogP contribution in [0.1, 0.15) is 16.7 Å². The van der Waals surface area contributed by atoms with E-state index in [1.807, 2.05) is 89.8 Å². The topological polar surface area (TPSA) is 3.24 Å². The van der Waals surface area contributed by atoms with Crippen molar-refractivity contribution in [3.63, 3.8) is 0 Å². The Kier molecular flexibility index (Phi) is 6.57. The van der Waals surface area contributed by atoms with Crippen LogP contribution in [0, 0.1) is 11.6 Å². The maximum Gasteiger partial charge on any atom is 0.147 e. The predicted octanol–water partition coefficient (Wildman–Crippen LogP) is 11.9. The number of benzene rings is 8. The van der Waals surface area contributed by atoms with Crippen molar-refractivity contribution >= 4 is 61.0 Å². The van der Waals surface area contributed by atoms with E-state index in [1.54, 1.807) is 12.1 Å². The van der Waals surface area contributed by atoms with Gasteiger partial charge in [0.1, 0.15) is 11.6 Å². The first kappa shape index (κ1) is 26.8. The number of para-hydroxylation sites is 2. The normalized spacial score (nSPS) is 11.9. The van der Waals surface area contributed by atoms with Gasteiger partial charge in [0.15, 0.2) is 0 Å². The van der Waals surface area contributed by atoms with E-state index in [2.05, 4.69) is 54.6 Å². The van der Waals surface area contributed by atoms with E-state index in [0.29, 0.717) is 11.3 Å². The Balaban J connectivity index is 1.43. The van der Waals surface area contributed by atoms with Crippen molar-refractivity contribution in [2.45, 2.75) is 0 Å². The van der Waals surface area contributed by atoms with Gasteiger partial charge < -0.3 is 4.90 Å². The van der Waals surface area contributed by atoms with Crippen molar-refractivity contribution in [1.29, 1.82) is 0 Å². The molecule has 0 amide bonds. The first-order valence-electron chi connectivity index (χ1n) is 15.0. The van der Waals surface area contributed by atoms with Gasteiger partial charge in [0, 0.05) is 16.6 Å². The lowest BCUT2D eigenvalue weighted by Gasteiger charge is -2.28. The molecular formula is C42H27F2N. The number of nitrogens with zero attached hydrogens (tertiary/aromatic N) is 1. The summed E-state index contributed by atoms with van der Waals surface area (Å²) in [5.74, 6) is -0.564. The second-order valence-electron chi connectivity index (χ2n) is 11.2. The Bertz CT molecular complexity index is 2340. The largest absolute Gasteiger partial charge is 0.307 e. The highest BCUT2D eigenvalue weighted by Gasteiger charge is 2.22. The van der Waals surface area contributed by atoms with Gasteiger partial charge in [0.05, 0.1) is 11.4 Å². The van der Waals surface area contributed by atoms with Crippen LogP contribution in [0.15, 0.2) is 158 Å². The van der Waals surface area contributed by atoms with E-state index < -0.39 is 0 Å². The van der Waals surface area contributed by atoms with Crippen molar-refractivity contribution < 1.29 is 8.78 Å². The molecule has 0 aliphatic carbocycles. The van der Waals surface area contributed by atoms with Crippen LogP contribution in [-0.2, 0) is 0 Å². The predicted molar refractivity (Wildman–Crippen MR) is 185 cm³/mol. The Hall–Kier alpha value is -5.80. The third kappa shape index (κ3) is 4.61. The molecule has 0 aromatic heterocycles. The van der Waals surface area contributed by atoms with Gasteiger partial charge in [-0.2, -0.15) is 0 Å². The fourth-order valence-corrected chi connectivity index (χ4v) is 6.53. The molecule has 0 heterocycles. The van der Waals surface area contributed by atoms with Gasteiger partial charge in [-0.1, -0.05) is 121 Å². The van der Waals surface area contributed by atoms with Crippen molar-refractivity contribution in [2.24, 2.45) is 0 Å². The van der Waals surface area contributed by atoms with E-state index in [-0.39, 0.29) is 11.6 Å². The standard InChI is InChI=1S/C42H27F2N/c43-37-16-8-7-15-33(37)36(27-28-11-3-1-4-12-28)32-23-19-29-21-25-35-39(26-22-30-20-24-34(32)41(29)42(30)35)45(31-13-5-2-6-14-31)40-18-10-9-17-38(40)44/h1-27H/b36-27-. The fourth-order valence-electron chi connectivity index (χ4n) is 6.53. The van der Waals surface area contributed by atoms with Crippen LogP contribution in [0.25, 0.3) is 44.0 Å². The zero-order chi connectivity index (χ0) is 30.3. The number of anilines is 3. The van der Waals surface area contributed by atoms with Crippen molar-refractivity contribution in [3.05, 3.63) is 186 Å².